The van der Waals surface area contributed by atoms with Gasteiger partial charge in [0.25, 0.3) is 0 Å². The molecule has 0 heterocycles. The molecule has 90 valence electrons. The second kappa shape index (κ2) is 6.70. The van der Waals surface area contributed by atoms with Crippen molar-refractivity contribution in [3.8, 4) is 0 Å². The van der Waals surface area contributed by atoms with Crippen LogP contribution in [-0.2, 0) is 0 Å². The number of nitrogens with one attached hydrogen (secondary N) is 1. The third kappa shape index (κ3) is 3.64. The minimum absolute atomic E-state index is 0.654. The lowest BCUT2D eigenvalue weighted by molar-refractivity contribution is 0.443. The van der Waals surface area contributed by atoms with E-state index >= 15 is 0 Å². The topological polar surface area (TPSA) is 12.0 Å². The Labute approximate surface area is 100 Å². The number of aryl methyl sites for hydroxylation is 1. The number of hydrogen-bond acceptors (Lipinski definition) is 1. The molecule has 1 aromatic rings. The zero-order valence-corrected chi connectivity index (χ0v) is 11.1. The van der Waals surface area contributed by atoms with E-state index in [1.807, 2.05) is 7.05 Å². The highest BCUT2D eigenvalue weighted by molar-refractivity contribution is 5.29. The van der Waals surface area contributed by atoms with Crippen molar-refractivity contribution in [1.29, 1.82) is 0 Å². The SMILES string of the molecule is CCC(C)CC(CNC)c1ccccc1C. The lowest BCUT2D eigenvalue weighted by Crippen LogP contribution is -2.20. The highest BCUT2D eigenvalue weighted by Crippen LogP contribution is 2.26. The third-order valence-electron chi connectivity index (χ3n) is 3.46. The average molecular weight is 219 g/mol. The van der Waals surface area contributed by atoms with Gasteiger partial charge in [0.1, 0.15) is 0 Å². The Bertz CT molecular complexity index is 306. The van der Waals surface area contributed by atoms with Gasteiger partial charge in [0.05, 0.1) is 0 Å². The lowest BCUT2D eigenvalue weighted by atomic mass is 9.86. The van der Waals surface area contributed by atoms with Crippen LogP contribution >= 0.6 is 0 Å². The van der Waals surface area contributed by atoms with E-state index in [2.05, 4.69) is 50.4 Å². The standard InChI is InChI=1S/C15H25N/c1-5-12(2)10-14(11-16-4)15-9-7-6-8-13(15)3/h6-9,12,14,16H,5,10-11H2,1-4H3. The zero-order chi connectivity index (χ0) is 12.0. The van der Waals surface area contributed by atoms with Gasteiger partial charge in [-0.15, -0.1) is 0 Å². The molecule has 0 saturated carbocycles. The van der Waals surface area contributed by atoms with Crippen molar-refractivity contribution in [3.05, 3.63) is 35.4 Å². The van der Waals surface area contributed by atoms with Crippen molar-refractivity contribution in [2.75, 3.05) is 13.6 Å². The molecule has 1 heteroatoms. The summed E-state index contributed by atoms with van der Waals surface area (Å²) >= 11 is 0. The first kappa shape index (κ1) is 13.2. The Morgan fingerprint density at radius 1 is 1.25 bits per heavy atom. The summed E-state index contributed by atoms with van der Waals surface area (Å²) in [4.78, 5) is 0. The van der Waals surface area contributed by atoms with E-state index in [0.29, 0.717) is 5.92 Å². The van der Waals surface area contributed by atoms with E-state index in [1.54, 1.807) is 0 Å². The number of likely N-dealkylation sites (N-methyl/N-ethyl adjacent to an activating group) is 1. The molecular formula is C15H25N. The van der Waals surface area contributed by atoms with Crippen molar-refractivity contribution in [1.82, 2.24) is 5.32 Å². The molecule has 1 N–H and O–H groups in total. The fraction of sp³-hybridized carbons (Fsp3) is 0.600. The van der Waals surface area contributed by atoms with Gasteiger partial charge in [-0.25, -0.2) is 0 Å². The van der Waals surface area contributed by atoms with Crippen LogP contribution in [0.2, 0.25) is 0 Å². The van der Waals surface area contributed by atoms with Gasteiger partial charge < -0.3 is 5.32 Å². The molecule has 0 aliphatic rings. The molecule has 16 heavy (non-hydrogen) atoms. The molecule has 2 atom stereocenters. The van der Waals surface area contributed by atoms with E-state index in [9.17, 15) is 0 Å². The van der Waals surface area contributed by atoms with Gasteiger partial charge in [-0.05, 0) is 43.4 Å². The smallest absolute Gasteiger partial charge is 0.00173 e. The van der Waals surface area contributed by atoms with Crippen LogP contribution in [-0.4, -0.2) is 13.6 Å². The zero-order valence-electron chi connectivity index (χ0n) is 11.1. The van der Waals surface area contributed by atoms with Crippen molar-refractivity contribution in [2.45, 2.75) is 39.5 Å². The Hall–Kier alpha value is -0.820. The van der Waals surface area contributed by atoms with Crippen LogP contribution in [0.4, 0.5) is 0 Å². The summed E-state index contributed by atoms with van der Waals surface area (Å²) in [6.07, 6.45) is 2.55. The molecule has 0 fully saturated rings. The van der Waals surface area contributed by atoms with Gasteiger partial charge in [0.15, 0.2) is 0 Å². The summed E-state index contributed by atoms with van der Waals surface area (Å²) in [5.74, 6) is 1.46. The summed E-state index contributed by atoms with van der Waals surface area (Å²) in [5.41, 5.74) is 2.93. The summed E-state index contributed by atoms with van der Waals surface area (Å²) in [6, 6.07) is 8.77. The third-order valence-corrected chi connectivity index (χ3v) is 3.46. The minimum atomic E-state index is 0.654. The van der Waals surface area contributed by atoms with E-state index in [4.69, 9.17) is 0 Å². The molecule has 0 aliphatic heterocycles. The molecule has 0 aliphatic carbocycles. The van der Waals surface area contributed by atoms with E-state index in [0.717, 1.165) is 12.5 Å². The molecule has 0 saturated heterocycles. The van der Waals surface area contributed by atoms with Crippen molar-refractivity contribution >= 4 is 0 Å². The molecule has 0 radical (unpaired) electrons. The quantitative estimate of drug-likeness (QED) is 0.768. The molecular weight excluding hydrogens is 194 g/mol. The largest absolute Gasteiger partial charge is 0.319 e. The van der Waals surface area contributed by atoms with E-state index < -0.39 is 0 Å². The molecule has 2 unspecified atom stereocenters. The highest BCUT2D eigenvalue weighted by Gasteiger charge is 2.15. The minimum Gasteiger partial charge on any atom is -0.319 e. The molecule has 1 nitrogen and oxygen atoms in total. The molecule has 0 aromatic heterocycles. The summed E-state index contributed by atoms with van der Waals surface area (Å²) in [5, 5.41) is 3.32. The van der Waals surface area contributed by atoms with Crippen LogP contribution in [0.1, 0.15) is 43.7 Å². The van der Waals surface area contributed by atoms with Gasteiger partial charge in [0.2, 0.25) is 0 Å². The summed E-state index contributed by atoms with van der Waals surface area (Å²) in [6.45, 7) is 7.92. The Kier molecular flexibility index (Phi) is 5.54. The first-order valence-electron chi connectivity index (χ1n) is 6.39. The van der Waals surface area contributed by atoms with Crippen LogP contribution in [0.15, 0.2) is 24.3 Å². The average Bonchev–Trinajstić information content (AvgIpc) is 2.29. The van der Waals surface area contributed by atoms with Crippen molar-refractivity contribution < 1.29 is 0 Å². The maximum Gasteiger partial charge on any atom is 0.00173 e. The van der Waals surface area contributed by atoms with Gasteiger partial charge in [-0.2, -0.15) is 0 Å². The van der Waals surface area contributed by atoms with E-state index in [-0.39, 0.29) is 0 Å². The maximum absolute atomic E-state index is 3.32. The highest BCUT2D eigenvalue weighted by atomic mass is 14.8. The van der Waals surface area contributed by atoms with Crippen LogP contribution in [0.3, 0.4) is 0 Å². The molecule has 1 aromatic carbocycles. The molecule has 0 bridgehead atoms. The van der Waals surface area contributed by atoms with Gasteiger partial charge >= 0.3 is 0 Å². The monoisotopic (exact) mass is 219 g/mol. The molecule has 0 amide bonds. The van der Waals surface area contributed by atoms with Crippen LogP contribution in [0.25, 0.3) is 0 Å². The predicted octanol–water partition coefficient (Wildman–Crippen LogP) is 3.73. The van der Waals surface area contributed by atoms with E-state index in [1.165, 1.54) is 24.0 Å². The van der Waals surface area contributed by atoms with Crippen molar-refractivity contribution in [2.24, 2.45) is 5.92 Å². The van der Waals surface area contributed by atoms with Crippen LogP contribution in [0, 0.1) is 12.8 Å². The van der Waals surface area contributed by atoms with Gasteiger partial charge in [0, 0.05) is 6.54 Å². The number of benzene rings is 1. The van der Waals surface area contributed by atoms with Gasteiger partial charge in [-0.3, -0.25) is 0 Å². The maximum atomic E-state index is 3.32. The molecule has 1 rings (SSSR count). The van der Waals surface area contributed by atoms with Crippen molar-refractivity contribution in [3.63, 3.8) is 0 Å². The molecule has 0 spiro atoms. The first-order chi connectivity index (χ1) is 7.69. The number of hydrogen-bond donors (Lipinski definition) is 1. The Morgan fingerprint density at radius 2 is 1.94 bits per heavy atom. The second-order valence-electron chi connectivity index (χ2n) is 4.86. The number of rotatable bonds is 6. The predicted molar refractivity (Wildman–Crippen MR) is 71.9 cm³/mol. The second-order valence-corrected chi connectivity index (χ2v) is 4.86. The summed E-state index contributed by atoms with van der Waals surface area (Å²) in [7, 11) is 2.04. The van der Waals surface area contributed by atoms with Gasteiger partial charge in [-0.1, -0.05) is 44.5 Å². The summed E-state index contributed by atoms with van der Waals surface area (Å²) < 4.78 is 0. The Morgan fingerprint density at radius 3 is 2.50 bits per heavy atom. The first-order valence-corrected chi connectivity index (χ1v) is 6.39. The normalized spacial score (nSPS) is 14.8. The lowest BCUT2D eigenvalue weighted by Gasteiger charge is -2.22. The fourth-order valence-corrected chi connectivity index (χ4v) is 2.26. The van der Waals surface area contributed by atoms with Crippen LogP contribution < -0.4 is 5.32 Å². The fourth-order valence-electron chi connectivity index (χ4n) is 2.26. The van der Waals surface area contributed by atoms with Crippen LogP contribution in [0.5, 0.6) is 0 Å². The Balaban J connectivity index is 2.80.